The Kier molecular flexibility index (Phi) is 10.4. The lowest BCUT2D eigenvalue weighted by atomic mass is 10.1. The number of hydrogen-bond acceptors (Lipinski definition) is 4. The van der Waals surface area contributed by atoms with Gasteiger partial charge in [-0.25, -0.2) is 0 Å². The Balaban J connectivity index is 0.00000450. The average Bonchev–Trinajstić information content (AvgIpc) is 3.18. The highest BCUT2D eigenvalue weighted by Crippen LogP contribution is 2.06. The molecule has 0 spiro atoms. The Hall–Kier alpha value is -2.56. The third-order valence-electron chi connectivity index (χ3n) is 3.81. The molecular weight excluding hydrogens is 497 g/mol. The fourth-order valence-electron chi connectivity index (χ4n) is 2.54. The molecule has 2 rings (SSSR count). The highest BCUT2D eigenvalue weighted by atomic mass is 127. The number of nitrogens with zero attached hydrogens (tertiary/aromatic N) is 1. The minimum Gasteiger partial charge on any atom is -0.467 e. The van der Waals surface area contributed by atoms with Gasteiger partial charge in [-0.1, -0.05) is 12.1 Å². The van der Waals surface area contributed by atoms with Crippen LogP contribution >= 0.6 is 24.0 Å². The van der Waals surface area contributed by atoms with E-state index in [-0.39, 0.29) is 47.9 Å². The van der Waals surface area contributed by atoms with Crippen molar-refractivity contribution in [3.05, 3.63) is 59.5 Å². The lowest BCUT2D eigenvalue weighted by Gasteiger charge is -2.21. The zero-order valence-electron chi connectivity index (χ0n) is 17.7. The molecule has 30 heavy (non-hydrogen) atoms. The van der Waals surface area contributed by atoms with E-state index < -0.39 is 0 Å². The topological polar surface area (TPSA) is 108 Å². The van der Waals surface area contributed by atoms with Crippen molar-refractivity contribution in [3.8, 4) is 0 Å². The number of rotatable bonds is 7. The first-order chi connectivity index (χ1) is 13.8. The van der Waals surface area contributed by atoms with Gasteiger partial charge in [-0.3, -0.25) is 14.6 Å². The van der Waals surface area contributed by atoms with Crippen LogP contribution in [-0.4, -0.2) is 36.9 Å². The molecule has 4 N–H and O–H groups in total. The molecule has 164 valence electrons. The van der Waals surface area contributed by atoms with Gasteiger partial charge >= 0.3 is 0 Å². The Labute approximate surface area is 194 Å². The molecule has 1 aromatic heterocycles. The first-order valence-corrected chi connectivity index (χ1v) is 9.42. The number of benzene rings is 1. The third-order valence-corrected chi connectivity index (χ3v) is 3.81. The van der Waals surface area contributed by atoms with Crippen LogP contribution in [0.15, 0.2) is 52.1 Å². The maximum atomic E-state index is 12.3. The van der Waals surface area contributed by atoms with Crippen LogP contribution in [0.4, 0.5) is 0 Å². The molecule has 0 radical (unpaired) electrons. The fourth-order valence-corrected chi connectivity index (χ4v) is 2.54. The fraction of sp³-hybridized carbons (Fsp3) is 0.381. The SMILES string of the molecule is CN=C(NCC(=O)NC(C)(C)C)NCc1cccc(C(=O)NCc2ccco2)c1.I. The predicted octanol–water partition coefficient (Wildman–Crippen LogP) is 2.41. The Morgan fingerprint density at radius 3 is 2.43 bits per heavy atom. The van der Waals surface area contributed by atoms with Gasteiger partial charge in [-0.2, -0.15) is 0 Å². The monoisotopic (exact) mass is 527 g/mol. The standard InChI is InChI=1S/C21H29N5O3.HI/c1-21(2,3)26-18(27)14-25-20(22-4)24-12-15-7-5-8-16(11-15)19(28)23-13-17-9-6-10-29-17;/h5-11H,12-14H2,1-4H3,(H,23,28)(H,26,27)(H2,22,24,25);1H. The van der Waals surface area contributed by atoms with E-state index >= 15 is 0 Å². The molecule has 0 saturated carbocycles. The van der Waals surface area contributed by atoms with E-state index in [1.807, 2.05) is 39.0 Å². The molecule has 0 atom stereocenters. The van der Waals surface area contributed by atoms with E-state index in [1.54, 1.807) is 31.5 Å². The van der Waals surface area contributed by atoms with Crippen LogP contribution in [0.1, 0.15) is 42.5 Å². The summed E-state index contributed by atoms with van der Waals surface area (Å²) in [5, 5.41) is 11.8. The van der Waals surface area contributed by atoms with Crippen LogP contribution in [-0.2, 0) is 17.9 Å². The lowest BCUT2D eigenvalue weighted by Crippen LogP contribution is -2.48. The van der Waals surface area contributed by atoms with Crippen molar-refractivity contribution in [2.24, 2.45) is 4.99 Å². The number of halogens is 1. The van der Waals surface area contributed by atoms with E-state index in [9.17, 15) is 9.59 Å². The second kappa shape index (κ2) is 12.2. The van der Waals surface area contributed by atoms with Gasteiger partial charge in [-0.05, 0) is 50.6 Å². The number of nitrogens with one attached hydrogen (secondary N) is 4. The minimum atomic E-state index is -0.284. The van der Waals surface area contributed by atoms with Gasteiger partial charge in [0.1, 0.15) is 5.76 Å². The van der Waals surface area contributed by atoms with Gasteiger partial charge in [0.05, 0.1) is 19.4 Å². The normalized spacial score (nSPS) is 11.3. The maximum absolute atomic E-state index is 12.3. The summed E-state index contributed by atoms with van der Waals surface area (Å²) in [6.07, 6.45) is 1.57. The molecule has 9 heteroatoms. The summed E-state index contributed by atoms with van der Waals surface area (Å²) in [4.78, 5) is 28.3. The molecule has 2 aromatic rings. The van der Waals surface area contributed by atoms with Crippen molar-refractivity contribution in [1.29, 1.82) is 0 Å². The summed E-state index contributed by atoms with van der Waals surface area (Å²) in [6, 6.07) is 10.9. The van der Waals surface area contributed by atoms with Crippen molar-refractivity contribution in [1.82, 2.24) is 21.3 Å². The highest BCUT2D eigenvalue weighted by Gasteiger charge is 2.13. The Morgan fingerprint density at radius 1 is 1.03 bits per heavy atom. The van der Waals surface area contributed by atoms with Crippen molar-refractivity contribution in [2.75, 3.05) is 13.6 Å². The molecule has 0 aliphatic rings. The number of aliphatic imine (C=N–C) groups is 1. The van der Waals surface area contributed by atoms with Gasteiger partial charge < -0.3 is 25.7 Å². The molecule has 0 aliphatic carbocycles. The van der Waals surface area contributed by atoms with Crippen molar-refractivity contribution in [2.45, 2.75) is 39.4 Å². The molecule has 1 aromatic carbocycles. The number of hydrogen-bond donors (Lipinski definition) is 4. The van der Waals surface area contributed by atoms with Crippen LogP contribution < -0.4 is 21.3 Å². The molecule has 8 nitrogen and oxygen atoms in total. The smallest absolute Gasteiger partial charge is 0.251 e. The van der Waals surface area contributed by atoms with Gasteiger partial charge in [0, 0.05) is 24.7 Å². The number of guanidine groups is 1. The van der Waals surface area contributed by atoms with Crippen LogP contribution in [0.3, 0.4) is 0 Å². The zero-order chi connectivity index (χ0) is 21.3. The second-order valence-electron chi connectivity index (χ2n) is 7.54. The predicted molar refractivity (Wildman–Crippen MR) is 128 cm³/mol. The number of carbonyl (C=O) groups excluding carboxylic acids is 2. The second-order valence-corrected chi connectivity index (χ2v) is 7.54. The number of furan rings is 1. The van der Waals surface area contributed by atoms with E-state index in [2.05, 4.69) is 26.3 Å². The van der Waals surface area contributed by atoms with Crippen LogP contribution in [0.5, 0.6) is 0 Å². The summed E-state index contributed by atoms with van der Waals surface area (Å²) < 4.78 is 5.21. The maximum Gasteiger partial charge on any atom is 0.251 e. The van der Waals surface area contributed by atoms with E-state index in [0.717, 1.165) is 5.56 Å². The van der Waals surface area contributed by atoms with Gasteiger partial charge in [0.25, 0.3) is 5.91 Å². The van der Waals surface area contributed by atoms with Crippen molar-refractivity contribution < 1.29 is 14.0 Å². The summed E-state index contributed by atoms with van der Waals surface area (Å²) in [5.74, 6) is 0.906. The number of amides is 2. The van der Waals surface area contributed by atoms with E-state index in [4.69, 9.17) is 4.42 Å². The molecule has 0 aliphatic heterocycles. The highest BCUT2D eigenvalue weighted by molar-refractivity contribution is 14.0. The van der Waals surface area contributed by atoms with E-state index in [1.165, 1.54) is 0 Å². The van der Waals surface area contributed by atoms with Crippen LogP contribution in [0.2, 0.25) is 0 Å². The largest absolute Gasteiger partial charge is 0.467 e. The number of carbonyl (C=O) groups is 2. The van der Waals surface area contributed by atoms with Crippen molar-refractivity contribution in [3.63, 3.8) is 0 Å². The van der Waals surface area contributed by atoms with Gasteiger partial charge in [0.15, 0.2) is 5.96 Å². The molecular formula is C21H30IN5O3. The summed E-state index contributed by atoms with van der Waals surface area (Å²) in [5.41, 5.74) is 1.19. The Morgan fingerprint density at radius 2 is 1.80 bits per heavy atom. The first kappa shape index (κ1) is 25.5. The molecule has 2 amide bonds. The molecule has 1 heterocycles. The minimum absolute atomic E-state index is 0. The lowest BCUT2D eigenvalue weighted by molar-refractivity contribution is -0.121. The zero-order valence-corrected chi connectivity index (χ0v) is 20.1. The molecule has 0 unspecified atom stereocenters. The quantitative estimate of drug-likeness (QED) is 0.252. The summed E-state index contributed by atoms with van der Waals surface area (Å²) in [6.45, 7) is 6.69. The Bertz CT molecular complexity index is 845. The van der Waals surface area contributed by atoms with E-state index in [0.29, 0.717) is 30.4 Å². The van der Waals surface area contributed by atoms with Crippen LogP contribution in [0, 0.1) is 0 Å². The summed E-state index contributed by atoms with van der Waals surface area (Å²) in [7, 11) is 1.63. The van der Waals surface area contributed by atoms with Crippen LogP contribution in [0.25, 0.3) is 0 Å². The third kappa shape index (κ3) is 9.29. The summed E-state index contributed by atoms with van der Waals surface area (Å²) >= 11 is 0. The van der Waals surface area contributed by atoms with Gasteiger partial charge in [-0.15, -0.1) is 24.0 Å². The molecule has 0 saturated heterocycles. The van der Waals surface area contributed by atoms with Crippen molar-refractivity contribution >= 4 is 41.8 Å². The molecule has 0 fully saturated rings. The van der Waals surface area contributed by atoms with Gasteiger partial charge in [0.2, 0.25) is 5.91 Å². The first-order valence-electron chi connectivity index (χ1n) is 9.42. The molecule has 0 bridgehead atoms. The average molecular weight is 527 g/mol.